The summed E-state index contributed by atoms with van der Waals surface area (Å²) in [5.41, 5.74) is 1.23. The van der Waals surface area contributed by atoms with E-state index in [0.717, 1.165) is 0 Å². The Morgan fingerprint density at radius 3 is 2.82 bits per heavy atom. The number of aromatic amines is 1. The maximum Gasteiger partial charge on any atom is 0.248 e. The summed E-state index contributed by atoms with van der Waals surface area (Å²) < 4.78 is 0. The number of hydrogen-bond acceptors (Lipinski definition) is 1. The predicted octanol–water partition coefficient (Wildman–Crippen LogP) is 1.64. The molecule has 58 valence electrons. The van der Waals surface area contributed by atoms with Gasteiger partial charge in [0, 0.05) is 12.3 Å². The first kappa shape index (κ1) is 6.65. The van der Waals surface area contributed by atoms with E-state index in [1.807, 2.05) is 6.07 Å². The fourth-order valence-corrected chi connectivity index (χ4v) is 1.46. The van der Waals surface area contributed by atoms with E-state index >= 15 is 0 Å². The molecule has 1 N–H and O–H groups in total. The third-order valence-corrected chi connectivity index (χ3v) is 2.38. The molecule has 1 aliphatic carbocycles. The van der Waals surface area contributed by atoms with E-state index in [0.29, 0.717) is 5.92 Å². The van der Waals surface area contributed by atoms with E-state index in [9.17, 15) is 4.79 Å². The number of H-pyrrole nitrogens is 1. The van der Waals surface area contributed by atoms with Gasteiger partial charge in [-0.3, -0.25) is 4.79 Å². The van der Waals surface area contributed by atoms with Crippen LogP contribution in [0, 0.1) is 0 Å². The highest BCUT2D eigenvalue weighted by atomic mass is 16.1. The van der Waals surface area contributed by atoms with E-state index in [-0.39, 0.29) is 5.56 Å². The Bertz CT molecular complexity index is 298. The van der Waals surface area contributed by atoms with Crippen LogP contribution in [-0.2, 0) is 0 Å². The SMILES string of the molecule is O=c1cc(C2CCC2)cc[nH]1. The molecular weight excluding hydrogens is 138 g/mol. The normalized spacial score (nSPS) is 17.8. The summed E-state index contributed by atoms with van der Waals surface area (Å²) in [6.45, 7) is 0. The molecule has 1 aromatic heterocycles. The first-order valence-corrected chi connectivity index (χ1v) is 4.05. The van der Waals surface area contributed by atoms with Crippen LogP contribution in [0.3, 0.4) is 0 Å². The van der Waals surface area contributed by atoms with Crippen molar-refractivity contribution in [3.05, 3.63) is 34.2 Å². The van der Waals surface area contributed by atoms with Gasteiger partial charge in [-0.25, -0.2) is 0 Å². The Kier molecular flexibility index (Phi) is 1.53. The zero-order chi connectivity index (χ0) is 7.68. The van der Waals surface area contributed by atoms with Crippen LogP contribution < -0.4 is 5.56 Å². The Morgan fingerprint density at radius 2 is 2.27 bits per heavy atom. The van der Waals surface area contributed by atoms with Crippen molar-refractivity contribution in [1.29, 1.82) is 0 Å². The van der Waals surface area contributed by atoms with Gasteiger partial charge in [0.2, 0.25) is 5.56 Å². The molecule has 1 saturated carbocycles. The predicted molar refractivity (Wildman–Crippen MR) is 43.7 cm³/mol. The first-order chi connectivity index (χ1) is 5.36. The molecule has 0 unspecified atom stereocenters. The van der Waals surface area contributed by atoms with Crippen molar-refractivity contribution in [2.75, 3.05) is 0 Å². The molecule has 0 amide bonds. The Morgan fingerprint density at radius 1 is 1.45 bits per heavy atom. The van der Waals surface area contributed by atoms with E-state index in [1.165, 1.54) is 24.8 Å². The van der Waals surface area contributed by atoms with Gasteiger partial charge in [0.1, 0.15) is 0 Å². The van der Waals surface area contributed by atoms with E-state index in [2.05, 4.69) is 4.98 Å². The van der Waals surface area contributed by atoms with Crippen molar-refractivity contribution in [2.24, 2.45) is 0 Å². The maximum absolute atomic E-state index is 10.9. The van der Waals surface area contributed by atoms with Crippen molar-refractivity contribution in [2.45, 2.75) is 25.2 Å². The van der Waals surface area contributed by atoms with Gasteiger partial charge in [-0.15, -0.1) is 0 Å². The lowest BCUT2D eigenvalue weighted by molar-refractivity contribution is 0.419. The van der Waals surface area contributed by atoms with Crippen LogP contribution in [0.5, 0.6) is 0 Å². The van der Waals surface area contributed by atoms with Gasteiger partial charge in [0.05, 0.1) is 0 Å². The molecular formula is C9H11NO. The van der Waals surface area contributed by atoms with Gasteiger partial charge in [-0.05, 0) is 30.4 Å². The molecule has 0 aromatic carbocycles. The molecule has 0 spiro atoms. The molecule has 0 atom stereocenters. The Balaban J connectivity index is 2.30. The lowest BCUT2D eigenvalue weighted by Crippen LogP contribution is -2.12. The van der Waals surface area contributed by atoms with E-state index in [1.54, 1.807) is 12.3 Å². The Hall–Kier alpha value is -1.05. The highest BCUT2D eigenvalue weighted by molar-refractivity contribution is 5.17. The second-order valence-electron chi connectivity index (χ2n) is 3.11. The van der Waals surface area contributed by atoms with Crippen molar-refractivity contribution in [3.8, 4) is 0 Å². The third-order valence-electron chi connectivity index (χ3n) is 2.38. The first-order valence-electron chi connectivity index (χ1n) is 4.05. The number of nitrogens with one attached hydrogen (secondary N) is 1. The van der Waals surface area contributed by atoms with Gasteiger partial charge in [0.25, 0.3) is 0 Å². The molecule has 11 heavy (non-hydrogen) atoms. The summed E-state index contributed by atoms with van der Waals surface area (Å²) in [7, 11) is 0. The quantitative estimate of drug-likeness (QED) is 0.647. The second-order valence-corrected chi connectivity index (χ2v) is 3.11. The summed E-state index contributed by atoms with van der Waals surface area (Å²) in [5.74, 6) is 0.664. The molecule has 1 aliphatic rings. The van der Waals surface area contributed by atoms with Gasteiger partial charge in [0.15, 0.2) is 0 Å². The fraction of sp³-hybridized carbons (Fsp3) is 0.444. The maximum atomic E-state index is 10.9. The van der Waals surface area contributed by atoms with Crippen LogP contribution in [0.2, 0.25) is 0 Å². The zero-order valence-corrected chi connectivity index (χ0v) is 6.34. The average molecular weight is 149 g/mol. The van der Waals surface area contributed by atoms with Crippen LogP contribution in [0.15, 0.2) is 23.1 Å². The topological polar surface area (TPSA) is 32.9 Å². The lowest BCUT2D eigenvalue weighted by Gasteiger charge is -2.25. The van der Waals surface area contributed by atoms with Crippen LogP contribution in [0.1, 0.15) is 30.7 Å². The van der Waals surface area contributed by atoms with Gasteiger partial charge < -0.3 is 4.98 Å². The van der Waals surface area contributed by atoms with Crippen LogP contribution in [0.4, 0.5) is 0 Å². The molecule has 0 aliphatic heterocycles. The highest BCUT2D eigenvalue weighted by Crippen LogP contribution is 2.35. The minimum Gasteiger partial charge on any atom is -0.329 e. The largest absolute Gasteiger partial charge is 0.329 e. The molecule has 2 rings (SSSR count). The van der Waals surface area contributed by atoms with E-state index < -0.39 is 0 Å². The number of pyridine rings is 1. The minimum absolute atomic E-state index is 0.0226. The standard InChI is InChI=1S/C9H11NO/c11-9-6-8(4-5-10-9)7-2-1-3-7/h4-7H,1-3H2,(H,10,11). The smallest absolute Gasteiger partial charge is 0.248 e. The molecule has 1 fully saturated rings. The molecule has 1 aromatic rings. The van der Waals surface area contributed by atoms with Crippen LogP contribution >= 0.6 is 0 Å². The summed E-state index contributed by atoms with van der Waals surface area (Å²) in [6.07, 6.45) is 5.56. The van der Waals surface area contributed by atoms with Crippen molar-refractivity contribution in [1.82, 2.24) is 4.98 Å². The molecule has 1 heterocycles. The zero-order valence-electron chi connectivity index (χ0n) is 6.34. The summed E-state index contributed by atoms with van der Waals surface area (Å²) in [5, 5.41) is 0. The van der Waals surface area contributed by atoms with Gasteiger partial charge >= 0.3 is 0 Å². The fourth-order valence-electron chi connectivity index (χ4n) is 1.46. The molecule has 2 nitrogen and oxygen atoms in total. The van der Waals surface area contributed by atoms with E-state index in [4.69, 9.17) is 0 Å². The Labute approximate surface area is 65.3 Å². The number of aromatic nitrogens is 1. The van der Waals surface area contributed by atoms with Crippen LogP contribution in [-0.4, -0.2) is 4.98 Å². The lowest BCUT2D eigenvalue weighted by atomic mass is 9.80. The average Bonchev–Trinajstić information content (AvgIpc) is 1.83. The second kappa shape index (κ2) is 2.53. The third kappa shape index (κ3) is 1.20. The van der Waals surface area contributed by atoms with Crippen molar-refractivity contribution >= 4 is 0 Å². The monoisotopic (exact) mass is 149 g/mol. The summed E-state index contributed by atoms with van der Waals surface area (Å²) in [4.78, 5) is 13.5. The molecule has 0 bridgehead atoms. The molecule has 0 radical (unpaired) electrons. The number of hydrogen-bond donors (Lipinski definition) is 1. The number of rotatable bonds is 1. The van der Waals surface area contributed by atoms with Gasteiger partial charge in [-0.1, -0.05) is 6.42 Å². The van der Waals surface area contributed by atoms with Crippen molar-refractivity contribution in [3.63, 3.8) is 0 Å². The molecule has 0 saturated heterocycles. The van der Waals surface area contributed by atoms with Crippen molar-refractivity contribution < 1.29 is 0 Å². The van der Waals surface area contributed by atoms with Gasteiger partial charge in [-0.2, -0.15) is 0 Å². The van der Waals surface area contributed by atoms with Crippen LogP contribution in [0.25, 0.3) is 0 Å². The molecule has 2 heteroatoms. The minimum atomic E-state index is 0.0226. The highest BCUT2D eigenvalue weighted by Gasteiger charge is 2.18. The summed E-state index contributed by atoms with van der Waals surface area (Å²) in [6, 6.07) is 3.72. The summed E-state index contributed by atoms with van der Waals surface area (Å²) >= 11 is 0.